The number of benzene rings is 2. The average Bonchev–Trinajstić information content (AvgIpc) is 3.14. The van der Waals surface area contributed by atoms with Gasteiger partial charge in [-0.15, -0.1) is 0 Å². The molecule has 0 saturated heterocycles. The summed E-state index contributed by atoms with van der Waals surface area (Å²) in [5.74, 6) is 3.11. The van der Waals surface area contributed by atoms with E-state index >= 15 is 0 Å². The van der Waals surface area contributed by atoms with Gasteiger partial charge in [0.15, 0.2) is 0 Å². The topological polar surface area (TPSA) is 18.5 Å². The second-order valence-corrected chi connectivity index (χ2v) is 12.5. The van der Waals surface area contributed by atoms with E-state index in [1.165, 1.54) is 85.8 Å². The Morgan fingerprint density at radius 3 is 2.41 bits per heavy atom. The van der Waals surface area contributed by atoms with Crippen LogP contribution in [0.1, 0.15) is 51.4 Å². The van der Waals surface area contributed by atoms with Crippen LogP contribution in [0.3, 0.4) is 0 Å². The lowest BCUT2D eigenvalue weighted by molar-refractivity contribution is -0.0766. The molecular formula is C28H39N3S. The molecule has 0 amide bonds. The molecule has 0 spiro atoms. The van der Waals surface area contributed by atoms with Crippen molar-refractivity contribution in [2.75, 3.05) is 38.0 Å². The summed E-state index contributed by atoms with van der Waals surface area (Å²) in [6.45, 7) is 3.56. The predicted octanol–water partition coefficient (Wildman–Crippen LogP) is 6.18. The minimum absolute atomic E-state index is 0.592. The highest BCUT2D eigenvalue weighted by Gasteiger charge is 2.53. The molecule has 1 heterocycles. The molecule has 32 heavy (non-hydrogen) atoms. The highest BCUT2D eigenvalue weighted by molar-refractivity contribution is 8.01. The maximum Gasteiger partial charge on any atom is 0.0563 e. The van der Waals surface area contributed by atoms with Crippen molar-refractivity contribution in [3.05, 3.63) is 36.4 Å². The minimum Gasteiger partial charge on any atom is -0.315 e. The first-order valence-electron chi connectivity index (χ1n) is 13.0. The van der Waals surface area contributed by atoms with Gasteiger partial charge in [-0.3, -0.25) is 0 Å². The molecule has 4 heteroatoms. The minimum atomic E-state index is 0.592. The SMILES string of the molecule is CN[C@@H](CN(C)CCCCN1Sc2cccc3cccc1c23)C12CC3CC(CC(C3)C1)C2. The molecule has 0 unspecified atom stereocenters. The lowest BCUT2D eigenvalue weighted by Gasteiger charge is -2.59. The zero-order valence-corrected chi connectivity index (χ0v) is 20.7. The fourth-order valence-electron chi connectivity index (χ4n) is 8.14. The van der Waals surface area contributed by atoms with Gasteiger partial charge in [0.1, 0.15) is 0 Å². The molecule has 1 atom stereocenters. The molecule has 0 radical (unpaired) electrons. The van der Waals surface area contributed by atoms with Crippen molar-refractivity contribution in [2.45, 2.75) is 62.3 Å². The van der Waals surface area contributed by atoms with Crippen LogP contribution in [0.25, 0.3) is 10.8 Å². The summed E-state index contributed by atoms with van der Waals surface area (Å²) in [4.78, 5) is 4.04. The predicted molar refractivity (Wildman–Crippen MR) is 137 cm³/mol. The number of unbranched alkanes of at least 4 members (excludes halogenated alkanes) is 1. The molecule has 1 N–H and O–H groups in total. The Labute approximate surface area is 198 Å². The Balaban J connectivity index is 1.01. The molecular weight excluding hydrogens is 410 g/mol. The van der Waals surface area contributed by atoms with Crippen molar-refractivity contribution in [2.24, 2.45) is 23.2 Å². The highest BCUT2D eigenvalue weighted by atomic mass is 32.2. The van der Waals surface area contributed by atoms with E-state index in [1.54, 1.807) is 0 Å². The molecule has 3 nitrogen and oxygen atoms in total. The molecule has 4 aliphatic carbocycles. The lowest BCUT2D eigenvalue weighted by Crippen LogP contribution is -2.58. The quantitative estimate of drug-likeness (QED) is 0.364. The first-order chi connectivity index (χ1) is 15.6. The number of hydrogen-bond acceptors (Lipinski definition) is 4. The monoisotopic (exact) mass is 449 g/mol. The van der Waals surface area contributed by atoms with Crippen LogP contribution in [0.5, 0.6) is 0 Å². The van der Waals surface area contributed by atoms with Crippen LogP contribution < -0.4 is 9.62 Å². The summed E-state index contributed by atoms with van der Waals surface area (Å²) in [7, 11) is 4.58. The van der Waals surface area contributed by atoms with Crippen molar-refractivity contribution in [1.29, 1.82) is 0 Å². The standard InChI is InChI=1S/C28H39N3S/c1-29-26(28-16-20-13-21(17-28)15-22(14-20)18-28)19-30(2)11-3-4-12-31-24-9-5-7-23-8-6-10-25(32-31)27(23)24/h5-10,20-22,26,29H,3-4,11-19H2,1-2H3/t20?,21?,22?,26-,28?/m0/s1. The zero-order valence-electron chi connectivity index (χ0n) is 19.9. The van der Waals surface area contributed by atoms with Crippen molar-refractivity contribution in [1.82, 2.24) is 10.2 Å². The van der Waals surface area contributed by atoms with Gasteiger partial charge in [0, 0.05) is 29.4 Å². The van der Waals surface area contributed by atoms with Gasteiger partial charge in [-0.2, -0.15) is 0 Å². The third-order valence-corrected chi connectivity index (χ3v) is 10.3. The van der Waals surface area contributed by atoms with E-state index in [0.29, 0.717) is 11.5 Å². The maximum absolute atomic E-state index is 3.79. The Hall–Kier alpha value is -1.23. The van der Waals surface area contributed by atoms with Crippen LogP contribution in [0.15, 0.2) is 41.3 Å². The summed E-state index contributed by atoms with van der Waals surface area (Å²) in [5, 5.41) is 6.61. The Bertz CT molecular complexity index is 932. The fraction of sp³-hybridized carbons (Fsp3) is 0.643. The molecule has 0 aromatic heterocycles. The van der Waals surface area contributed by atoms with Crippen LogP contribution in [-0.2, 0) is 0 Å². The molecule has 2 aromatic carbocycles. The van der Waals surface area contributed by atoms with E-state index in [9.17, 15) is 0 Å². The lowest BCUT2D eigenvalue weighted by atomic mass is 9.47. The van der Waals surface area contributed by atoms with Gasteiger partial charge in [-0.05, 0) is 125 Å². The molecule has 7 rings (SSSR count). The van der Waals surface area contributed by atoms with Crippen LogP contribution in [0.4, 0.5) is 5.69 Å². The Kier molecular flexibility index (Phi) is 5.68. The highest BCUT2D eigenvalue weighted by Crippen LogP contribution is 2.61. The summed E-state index contributed by atoms with van der Waals surface area (Å²) in [5.41, 5.74) is 2.00. The molecule has 2 aromatic rings. The third-order valence-electron chi connectivity index (χ3n) is 9.14. The fourth-order valence-corrected chi connectivity index (χ4v) is 9.30. The molecule has 4 saturated carbocycles. The number of rotatable bonds is 9. The van der Waals surface area contributed by atoms with E-state index in [1.807, 2.05) is 11.9 Å². The van der Waals surface area contributed by atoms with E-state index in [2.05, 4.69) is 65.0 Å². The van der Waals surface area contributed by atoms with Gasteiger partial charge in [-0.25, -0.2) is 0 Å². The summed E-state index contributed by atoms with van der Waals surface area (Å²) < 4.78 is 2.52. The van der Waals surface area contributed by atoms with Crippen molar-refractivity contribution < 1.29 is 0 Å². The Morgan fingerprint density at radius 1 is 1.03 bits per heavy atom. The van der Waals surface area contributed by atoms with E-state index in [0.717, 1.165) is 24.3 Å². The summed E-state index contributed by atoms with van der Waals surface area (Å²) in [6.07, 6.45) is 11.6. The zero-order chi connectivity index (χ0) is 21.7. The van der Waals surface area contributed by atoms with Gasteiger partial charge < -0.3 is 14.5 Å². The van der Waals surface area contributed by atoms with Gasteiger partial charge in [0.2, 0.25) is 0 Å². The number of hydrogen-bond donors (Lipinski definition) is 1. The summed E-state index contributed by atoms with van der Waals surface area (Å²) in [6, 6.07) is 14.1. The molecule has 4 bridgehead atoms. The number of likely N-dealkylation sites (N-methyl/N-ethyl adjacent to an activating group) is 2. The maximum atomic E-state index is 3.79. The summed E-state index contributed by atoms with van der Waals surface area (Å²) >= 11 is 1.93. The smallest absolute Gasteiger partial charge is 0.0563 e. The second-order valence-electron chi connectivity index (χ2n) is 11.4. The van der Waals surface area contributed by atoms with E-state index < -0.39 is 0 Å². The van der Waals surface area contributed by atoms with Crippen LogP contribution in [0, 0.1) is 23.2 Å². The largest absolute Gasteiger partial charge is 0.315 e. The van der Waals surface area contributed by atoms with E-state index in [4.69, 9.17) is 0 Å². The van der Waals surface area contributed by atoms with Crippen molar-refractivity contribution in [3.8, 4) is 0 Å². The van der Waals surface area contributed by atoms with Crippen LogP contribution in [-0.4, -0.2) is 44.7 Å². The van der Waals surface area contributed by atoms with Gasteiger partial charge >= 0.3 is 0 Å². The Morgan fingerprint density at radius 2 is 1.72 bits per heavy atom. The third kappa shape index (κ3) is 3.76. The second kappa shape index (κ2) is 8.52. The van der Waals surface area contributed by atoms with Gasteiger partial charge in [0.05, 0.1) is 5.69 Å². The normalized spacial score (nSPS) is 31.2. The molecule has 172 valence electrons. The van der Waals surface area contributed by atoms with E-state index in [-0.39, 0.29) is 0 Å². The molecule has 4 fully saturated rings. The van der Waals surface area contributed by atoms with Crippen molar-refractivity contribution >= 4 is 28.4 Å². The van der Waals surface area contributed by atoms with Gasteiger partial charge in [-0.1, -0.05) is 24.3 Å². The first-order valence-corrected chi connectivity index (χ1v) is 13.7. The van der Waals surface area contributed by atoms with Gasteiger partial charge in [0.25, 0.3) is 0 Å². The molecule has 1 aliphatic heterocycles. The average molecular weight is 450 g/mol. The molecule has 5 aliphatic rings. The number of nitrogens with one attached hydrogen (secondary N) is 1. The van der Waals surface area contributed by atoms with Crippen molar-refractivity contribution in [3.63, 3.8) is 0 Å². The van der Waals surface area contributed by atoms with Crippen LogP contribution in [0.2, 0.25) is 0 Å². The number of nitrogens with zero attached hydrogens (tertiary/aromatic N) is 2. The number of anilines is 1. The first kappa shape index (κ1) is 21.3. The van der Waals surface area contributed by atoms with Crippen LogP contribution >= 0.6 is 11.9 Å².